The van der Waals surface area contributed by atoms with Crippen molar-refractivity contribution in [2.75, 3.05) is 0 Å². The van der Waals surface area contributed by atoms with Gasteiger partial charge >= 0.3 is 0 Å². The maximum absolute atomic E-state index is 2.22. The summed E-state index contributed by atoms with van der Waals surface area (Å²) in [4.78, 5) is 1.29. The number of hydrogen-bond acceptors (Lipinski definition) is 1. The van der Waals surface area contributed by atoms with Crippen LogP contribution in [-0.4, -0.2) is 0 Å². The van der Waals surface area contributed by atoms with Crippen molar-refractivity contribution in [3.05, 3.63) is 48.0 Å². The topological polar surface area (TPSA) is 4.10 Å². The molecule has 70 valence electrons. The highest BCUT2D eigenvalue weighted by Crippen LogP contribution is 2.13. The molecule has 2 heterocycles. The van der Waals surface area contributed by atoms with Crippen LogP contribution in [0.15, 0.2) is 48.0 Å². The van der Waals surface area contributed by atoms with Gasteiger partial charge in [0.2, 0.25) is 5.52 Å². The van der Waals surface area contributed by atoms with Crippen LogP contribution in [0.25, 0.3) is 15.7 Å². The van der Waals surface area contributed by atoms with Gasteiger partial charge in [0.05, 0.1) is 5.38 Å². The van der Waals surface area contributed by atoms with Gasteiger partial charge in [0.25, 0.3) is 4.83 Å². The molecular formula is C11H8BrNS. The maximum Gasteiger partial charge on any atom is 0.267 e. The van der Waals surface area contributed by atoms with Crippen molar-refractivity contribution in [1.82, 2.24) is 0 Å². The van der Waals surface area contributed by atoms with E-state index in [0.717, 1.165) is 0 Å². The number of pyridine rings is 1. The summed E-state index contributed by atoms with van der Waals surface area (Å²) < 4.78 is 2.22. The van der Waals surface area contributed by atoms with Crippen molar-refractivity contribution in [3.63, 3.8) is 0 Å². The molecule has 14 heavy (non-hydrogen) atoms. The molecule has 0 aliphatic heterocycles. The Morgan fingerprint density at radius 2 is 1.86 bits per heavy atom. The number of aromatic nitrogens is 1. The number of para-hydroxylation sites is 1. The van der Waals surface area contributed by atoms with Crippen molar-refractivity contribution < 1.29 is 21.4 Å². The minimum Gasteiger partial charge on any atom is -1.00 e. The van der Waals surface area contributed by atoms with Gasteiger partial charge in [-0.25, -0.2) is 0 Å². The van der Waals surface area contributed by atoms with E-state index in [1.807, 2.05) is 0 Å². The van der Waals surface area contributed by atoms with Crippen LogP contribution in [0.3, 0.4) is 0 Å². The van der Waals surface area contributed by atoms with Gasteiger partial charge in [0.1, 0.15) is 0 Å². The first-order chi connectivity index (χ1) is 6.45. The molecule has 0 atom stereocenters. The predicted molar refractivity (Wildman–Crippen MR) is 55.0 cm³/mol. The van der Waals surface area contributed by atoms with Gasteiger partial charge in [-0.3, -0.25) is 0 Å². The molecule has 0 aliphatic carbocycles. The second-order valence-corrected chi connectivity index (χ2v) is 3.93. The highest BCUT2D eigenvalue weighted by molar-refractivity contribution is 7.14. The van der Waals surface area contributed by atoms with E-state index in [1.165, 1.54) is 15.7 Å². The average molecular weight is 266 g/mol. The summed E-state index contributed by atoms with van der Waals surface area (Å²) in [5.41, 5.74) is 1.28. The standard InChI is InChI=1S/C11H8NS.BrH/c1-2-4-10-9(3-1)5-6-11-12(10)7-8-13-11;/h1-8H;1H/q+1;/p-1. The van der Waals surface area contributed by atoms with Crippen molar-refractivity contribution in [1.29, 1.82) is 0 Å². The average Bonchev–Trinajstić information content (AvgIpc) is 2.65. The van der Waals surface area contributed by atoms with E-state index in [2.05, 4.69) is 52.4 Å². The lowest BCUT2D eigenvalue weighted by Crippen LogP contribution is -3.00. The molecule has 3 rings (SSSR count). The van der Waals surface area contributed by atoms with E-state index in [9.17, 15) is 0 Å². The van der Waals surface area contributed by atoms with E-state index in [4.69, 9.17) is 0 Å². The summed E-state index contributed by atoms with van der Waals surface area (Å²) in [6.45, 7) is 0. The molecule has 3 heteroatoms. The Kier molecular flexibility index (Phi) is 2.52. The number of rotatable bonds is 0. The maximum atomic E-state index is 2.22. The fourth-order valence-electron chi connectivity index (χ4n) is 1.62. The molecule has 0 unspecified atom stereocenters. The third-order valence-corrected chi connectivity index (χ3v) is 3.07. The van der Waals surface area contributed by atoms with Crippen molar-refractivity contribution in [2.24, 2.45) is 0 Å². The number of benzene rings is 1. The van der Waals surface area contributed by atoms with Crippen LogP contribution in [0, 0.1) is 0 Å². The summed E-state index contributed by atoms with van der Waals surface area (Å²) in [7, 11) is 0. The van der Waals surface area contributed by atoms with E-state index < -0.39 is 0 Å². The Balaban J connectivity index is 0.000000750. The number of halogens is 1. The molecule has 1 aromatic carbocycles. The smallest absolute Gasteiger partial charge is 0.267 e. The molecule has 0 saturated heterocycles. The molecule has 3 aromatic rings. The predicted octanol–water partition coefficient (Wildman–Crippen LogP) is -0.356. The molecular weight excluding hydrogens is 258 g/mol. The molecule has 2 aromatic heterocycles. The highest BCUT2D eigenvalue weighted by Gasteiger charge is 2.07. The van der Waals surface area contributed by atoms with Crippen LogP contribution in [-0.2, 0) is 0 Å². The molecule has 0 saturated carbocycles. The second-order valence-electron chi connectivity index (χ2n) is 3.00. The molecule has 0 amide bonds. The minimum absolute atomic E-state index is 0. The zero-order valence-electron chi connectivity index (χ0n) is 7.35. The zero-order valence-corrected chi connectivity index (χ0v) is 9.75. The largest absolute Gasteiger partial charge is 1.00 e. The number of hydrogen-bond donors (Lipinski definition) is 0. The molecule has 0 fully saturated rings. The van der Waals surface area contributed by atoms with Crippen molar-refractivity contribution in [3.8, 4) is 0 Å². The summed E-state index contributed by atoms with van der Waals surface area (Å²) >= 11 is 1.77. The van der Waals surface area contributed by atoms with Gasteiger partial charge in [0.15, 0.2) is 6.20 Å². The SMILES string of the molecule is [Br-].c1ccc2c(c1)ccc1scc[n+]12. The van der Waals surface area contributed by atoms with E-state index >= 15 is 0 Å². The third kappa shape index (κ3) is 1.33. The normalized spacial score (nSPS) is 10.3. The van der Waals surface area contributed by atoms with Crippen LogP contribution in [0.1, 0.15) is 0 Å². The fraction of sp³-hybridized carbons (Fsp3) is 0. The van der Waals surface area contributed by atoms with Gasteiger partial charge in [-0.05, 0) is 12.1 Å². The summed E-state index contributed by atoms with van der Waals surface area (Å²) in [5.74, 6) is 0. The van der Waals surface area contributed by atoms with Gasteiger partial charge in [-0.1, -0.05) is 23.5 Å². The van der Waals surface area contributed by atoms with Crippen molar-refractivity contribution >= 4 is 27.1 Å². The lowest BCUT2D eigenvalue weighted by atomic mass is 10.2. The first-order valence-electron chi connectivity index (χ1n) is 4.22. The van der Waals surface area contributed by atoms with Crippen LogP contribution in [0.4, 0.5) is 0 Å². The Labute approximate surface area is 96.4 Å². The molecule has 0 N–H and O–H groups in total. The molecule has 0 aliphatic rings. The van der Waals surface area contributed by atoms with Crippen LogP contribution in [0.2, 0.25) is 0 Å². The Hall–Kier alpha value is -0.930. The highest BCUT2D eigenvalue weighted by atomic mass is 79.9. The third-order valence-electron chi connectivity index (χ3n) is 2.24. The fourth-order valence-corrected chi connectivity index (χ4v) is 2.36. The Bertz CT molecular complexity index is 573. The molecule has 0 bridgehead atoms. The van der Waals surface area contributed by atoms with Gasteiger partial charge in [-0.2, -0.15) is 4.40 Å². The first-order valence-corrected chi connectivity index (χ1v) is 5.10. The van der Waals surface area contributed by atoms with Crippen LogP contribution >= 0.6 is 11.3 Å². The van der Waals surface area contributed by atoms with Gasteiger partial charge in [0, 0.05) is 17.5 Å². The monoisotopic (exact) mass is 265 g/mol. The molecule has 1 nitrogen and oxygen atoms in total. The van der Waals surface area contributed by atoms with E-state index in [-0.39, 0.29) is 17.0 Å². The Morgan fingerprint density at radius 1 is 1.00 bits per heavy atom. The lowest BCUT2D eigenvalue weighted by Gasteiger charge is -1.90. The summed E-state index contributed by atoms with van der Waals surface area (Å²) in [6.07, 6.45) is 2.11. The molecule has 0 spiro atoms. The quantitative estimate of drug-likeness (QED) is 0.490. The van der Waals surface area contributed by atoms with E-state index in [0.29, 0.717) is 0 Å². The zero-order chi connectivity index (χ0) is 8.67. The lowest BCUT2D eigenvalue weighted by molar-refractivity contribution is -0.476. The van der Waals surface area contributed by atoms with Crippen LogP contribution in [0.5, 0.6) is 0 Å². The number of fused-ring (bicyclic) bond motifs is 3. The van der Waals surface area contributed by atoms with Gasteiger partial charge < -0.3 is 17.0 Å². The van der Waals surface area contributed by atoms with Gasteiger partial charge in [-0.15, -0.1) is 0 Å². The van der Waals surface area contributed by atoms with E-state index in [1.54, 1.807) is 11.3 Å². The first kappa shape index (κ1) is 9.62. The number of thiazole rings is 1. The Morgan fingerprint density at radius 3 is 2.79 bits per heavy atom. The van der Waals surface area contributed by atoms with Crippen molar-refractivity contribution in [2.45, 2.75) is 0 Å². The second kappa shape index (κ2) is 3.67. The number of nitrogens with zero attached hydrogens (tertiary/aromatic N) is 1. The van der Waals surface area contributed by atoms with Crippen LogP contribution < -0.4 is 21.4 Å². The minimum atomic E-state index is 0. The summed E-state index contributed by atoms with van der Waals surface area (Å²) in [5, 5.41) is 3.40. The molecule has 0 radical (unpaired) electrons. The summed E-state index contributed by atoms with van der Waals surface area (Å²) in [6, 6.07) is 12.8.